The minimum absolute atomic E-state index is 0.180. The summed E-state index contributed by atoms with van der Waals surface area (Å²) < 4.78 is 15.6. The van der Waals surface area contributed by atoms with Crippen LogP contribution in [0.1, 0.15) is 20.4 Å². The van der Waals surface area contributed by atoms with E-state index in [1.54, 1.807) is 36.4 Å². The molecule has 12 heteroatoms. The molecule has 4 rings (SSSR count). The van der Waals surface area contributed by atoms with Gasteiger partial charge in [-0.15, -0.1) is 11.3 Å². The smallest absolute Gasteiger partial charge is 0.313 e. The van der Waals surface area contributed by atoms with Gasteiger partial charge in [-0.1, -0.05) is 0 Å². The molecule has 1 aromatic heterocycles. The molecule has 1 aliphatic heterocycles. The minimum Gasteiger partial charge on any atom is -0.497 e. The van der Waals surface area contributed by atoms with Crippen LogP contribution < -0.4 is 30.6 Å². The first-order valence-electron chi connectivity index (χ1n) is 10.9. The van der Waals surface area contributed by atoms with Gasteiger partial charge < -0.3 is 35.5 Å². The average molecular weight is 512 g/mol. The Morgan fingerprint density at radius 1 is 1.00 bits per heavy atom. The lowest BCUT2D eigenvalue weighted by Gasteiger charge is -2.25. The largest absolute Gasteiger partial charge is 0.497 e. The normalized spacial score (nSPS) is 12.4. The number of thiazole rings is 1. The Morgan fingerprint density at radius 2 is 1.78 bits per heavy atom. The van der Waals surface area contributed by atoms with Crippen molar-refractivity contribution in [1.82, 2.24) is 9.88 Å². The monoisotopic (exact) mass is 511 g/mol. The zero-order chi connectivity index (χ0) is 25.8. The highest BCUT2D eigenvalue weighted by Crippen LogP contribution is 2.31. The molecule has 0 unspecified atom stereocenters. The molecule has 2 aromatic carbocycles. The summed E-state index contributed by atoms with van der Waals surface area (Å²) in [5.74, 6) is -0.390. The van der Waals surface area contributed by atoms with E-state index in [-0.39, 0.29) is 11.6 Å². The molecule has 188 valence electrons. The highest BCUT2D eigenvalue weighted by atomic mass is 32.1. The number of hydrogen-bond acceptors (Lipinski definition) is 9. The second-order valence-corrected chi connectivity index (χ2v) is 8.88. The number of carbonyl (C=O) groups excluding carboxylic acids is 3. The Labute approximate surface area is 211 Å². The van der Waals surface area contributed by atoms with E-state index in [0.717, 1.165) is 10.6 Å². The van der Waals surface area contributed by atoms with Crippen molar-refractivity contribution in [3.8, 4) is 17.2 Å². The highest BCUT2D eigenvalue weighted by Gasteiger charge is 2.29. The van der Waals surface area contributed by atoms with Crippen molar-refractivity contribution in [3.05, 3.63) is 52.0 Å². The lowest BCUT2D eigenvalue weighted by Crippen LogP contribution is -2.42. The van der Waals surface area contributed by atoms with Gasteiger partial charge in [-0.3, -0.25) is 14.4 Å². The Kier molecular flexibility index (Phi) is 7.25. The first-order chi connectivity index (χ1) is 17.3. The standard InChI is InChI=1S/C24H25N5O6S/c1-33-14-5-6-15(25)17(11-14)27-21(30)23-28-16-8-9-29(12-20(16)36-23)24(32)22(31)26-13-4-7-18(34-2)19(10-13)35-3/h4-7,10-11H,8-9,12,25H2,1-3H3,(H,26,31)(H,27,30). The summed E-state index contributed by atoms with van der Waals surface area (Å²) in [7, 11) is 4.51. The van der Waals surface area contributed by atoms with Gasteiger partial charge in [0.1, 0.15) is 5.75 Å². The van der Waals surface area contributed by atoms with Gasteiger partial charge in [0, 0.05) is 35.7 Å². The Balaban J connectivity index is 1.42. The van der Waals surface area contributed by atoms with Crippen LogP contribution in [0, 0.1) is 0 Å². The third-order valence-electron chi connectivity index (χ3n) is 5.56. The molecule has 0 saturated carbocycles. The summed E-state index contributed by atoms with van der Waals surface area (Å²) in [5.41, 5.74) is 7.89. The molecule has 4 N–H and O–H groups in total. The van der Waals surface area contributed by atoms with Crippen molar-refractivity contribution in [2.75, 3.05) is 44.2 Å². The molecule has 36 heavy (non-hydrogen) atoms. The van der Waals surface area contributed by atoms with Gasteiger partial charge in [0.15, 0.2) is 16.5 Å². The number of aromatic nitrogens is 1. The Hall–Kier alpha value is -4.32. The third-order valence-corrected chi connectivity index (χ3v) is 6.64. The van der Waals surface area contributed by atoms with Gasteiger partial charge >= 0.3 is 11.8 Å². The van der Waals surface area contributed by atoms with Crippen molar-refractivity contribution < 1.29 is 28.6 Å². The molecule has 0 aliphatic carbocycles. The van der Waals surface area contributed by atoms with Crippen molar-refractivity contribution >= 4 is 46.1 Å². The molecule has 1 aliphatic rings. The maximum atomic E-state index is 12.8. The zero-order valence-corrected chi connectivity index (χ0v) is 20.7. The first-order valence-corrected chi connectivity index (χ1v) is 11.7. The quantitative estimate of drug-likeness (QED) is 0.338. The van der Waals surface area contributed by atoms with Crippen molar-refractivity contribution in [2.24, 2.45) is 0 Å². The van der Waals surface area contributed by atoms with Crippen molar-refractivity contribution in [2.45, 2.75) is 13.0 Å². The van der Waals surface area contributed by atoms with Crippen LogP contribution in [0.5, 0.6) is 17.2 Å². The third kappa shape index (κ3) is 5.18. The summed E-state index contributed by atoms with van der Waals surface area (Å²) in [6.45, 7) is 0.485. The van der Waals surface area contributed by atoms with E-state index in [2.05, 4.69) is 15.6 Å². The number of nitrogens with one attached hydrogen (secondary N) is 2. The number of fused-ring (bicyclic) bond motifs is 1. The fourth-order valence-electron chi connectivity index (χ4n) is 3.65. The maximum Gasteiger partial charge on any atom is 0.313 e. The molecule has 2 heterocycles. The molecule has 0 saturated heterocycles. The van der Waals surface area contributed by atoms with Crippen LogP contribution in [0.15, 0.2) is 36.4 Å². The van der Waals surface area contributed by atoms with Gasteiger partial charge in [-0.25, -0.2) is 4.98 Å². The van der Waals surface area contributed by atoms with Gasteiger partial charge in [-0.05, 0) is 24.3 Å². The SMILES string of the molecule is COc1ccc(N)c(NC(=O)c2nc3c(s2)CN(C(=O)C(=O)Nc2ccc(OC)c(OC)c2)CC3)c1. The Bertz CT molecular complexity index is 1320. The van der Waals surface area contributed by atoms with E-state index in [9.17, 15) is 14.4 Å². The summed E-state index contributed by atoms with van der Waals surface area (Å²) in [4.78, 5) is 44.8. The minimum atomic E-state index is -0.776. The number of methoxy groups -OCH3 is 3. The van der Waals surface area contributed by atoms with Crippen LogP contribution in [-0.2, 0) is 22.6 Å². The molecule has 11 nitrogen and oxygen atoms in total. The van der Waals surface area contributed by atoms with E-state index in [1.165, 1.54) is 37.6 Å². The van der Waals surface area contributed by atoms with Crippen LogP contribution >= 0.6 is 11.3 Å². The molecule has 0 spiro atoms. The van der Waals surface area contributed by atoms with Crippen LogP contribution in [0.2, 0.25) is 0 Å². The predicted molar refractivity (Wildman–Crippen MR) is 135 cm³/mol. The topological polar surface area (TPSA) is 145 Å². The molecule has 0 fully saturated rings. The first kappa shape index (κ1) is 24.8. The van der Waals surface area contributed by atoms with Gasteiger partial charge in [0.25, 0.3) is 5.91 Å². The molecule has 0 radical (unpaired) electrons. The predicted octanol–water partition coefficient (Wildman–Crippen LogP) is 2.53. The number of rotatable bonds is 6. The number of nitrogens with zero attached hydrogens (tertiary/aromatic N) is 2. The second-order valence-electron chi connectivity index (χ2n) is 7.80. The van der Waals surface area contributed by atoms with E-state index in [0.29, 0.717) is 47.3 Å². The Morgan fingerprint density at radius 3 is 2.50 bits per heavy atom. The number of anilines is 3. The molecular formula is C24H25N5O6S. The molecular weight excluding hydrogens is 486 g/mol. The van der Waals surface area contributed by atoms with Crippen molar-refractivity contribution in [1.29, 1.82) is 0 Å². The van der Waals surface area contributed by atoms with Crippen LogP contribution in [-0.4, -0.2) is 55.5 Å². The maximum absolute atomic E-state index is 12.8. The lowest BCUT2D eigenvalue weighted by molar-refractivity contribution is -0.143. The number of hydrogen-bond donors (Lipinski definition) is 3. The lowest BCUT2D eigenvalue weighted by atomic mass is 10.1. The zero-order valence-electron chi connectivity index (χ0n) is 19.9. The molecule has 3 aromatic rings. The second kappa shape index (κ2) is 10.5. The van der Waals surface area contributed by atoms with Gasteiger partial charge in [0.2, 0.25) is 0 Å². The average Bonchev–Trinajstić information content (AvgIpc) is 3.33. The summed E-state index contributed by atoms with van der Waals surface area (Å²) in [6.07, 6.45) is 0.426. The number of nitrogen functional groups attached to an aromatic ring is 1. The van der Waals surface area contributed by atoms with Gasteiger partial charge in [0.05, 0.1) is 44.9 Å². The highest BCUT2D eigenvalue weighted by molar-refractivity contribution is 7.13. The van der Waals surface area contributed by atoms with Gasteiger partial charge in [-0.2, -0.15) is 0 Å². The molecule has 0 atom stereocenters. The van der Waals surface area contributed by atoms with E-state index < -0.39 is 17.7 Å². The number of nitrogens with two attached hydrogens (primary N) is 1. The molecule has 0 bridgehead atoms. The number of carbonyl (C=O) groups is 3. The molecule has 3 amide bonds. The van der Waals surface area contributed by atoms with E-state index in [4.69, 9.17) is 19.9 Å². The fraction of sp³-hybridized carbons (Fsp3) is 0.250. The van der Waals surface area contributed by atoms with Crippen LogP contribution in [0.4, 0.5) is 17.1 Å². The van der Waals surface area contributed by atoms with Crippen molar-refractivity contribution in [3.63, 3.8) is 0 Å². The van der Waals surface area contributed by atoms with E-state index >= 15 is 0 Å². The fourth-order valence-corrected chi connectivity index (χ4v) is 4.67. The van der Waals surface area contributed by atoms with Crippen LogP contribution in [0.25, 0.3) is 0 Å². The summed E-state index contributed by atoms with van der Waals surface area (Å²) in [5, 5.41) is 5.58. The van der Waals surface area contributed by atoms with E-state index in [1.807, 2.05) is 0 Å². The van der Waals surface area contributed by atoms with Crippen LogP contribution in [0.3, 0.4) is 0 Å². The number of ether oxygens (including phenoxy) is 3. The summed E-state index contributed by atoms with van der Waals surface area (Å²) >= 11 is 1.17. The number of benzene rings is 2. The number of amides is 3. The summed E-state index contributed by atoms with van der Waals surface area (Å²) in [6, 6.07) is 9.77.